The third-order valence-corrected chi connectivity index (χ3v) is 2.46. The Hall–Kier alpha value is -0.300. The highest BCUT2D eigenvalue weighted by Crippen LogP contribution is 2.14. The first-order valence-corrected chi connectivity index (χ1v) is 4.75. The fourth-order valence-corrected chi connectivity index (χ4v) is 1.62. The van der Waals surface area contributed by atoms with E-state index in [9.17, 15) is 0 Å². The van der Waals surface area contributed by atoms with Crippen LogP contribution in [0.1, 0.15) is 31.2 Å². The van der Waals surface area contributed by atoms with Crippen LogP contribution in [-0.4, -0.2) is 0 Å². The van der Waals surface area contributed by atoms with Crippen LogP contribution in [0, 0.1) is 6.92 Å². The van der Waals surface area contributed by atoms with Crippen molar-refractivity contribution in [3.8, 4) is 0 Å². The molecule has 0 nitrogen and oxygen atoms in total. The zero-order valence-electron chi connectivity index (χ0n) is 7.27. The van der Waals surface area contributed by atoms with Crippen molar-refractivity contribution in [1.82, 2.24) is 0 Å². The lowest BCUT2D eigenvalue weighted by Crippen LogP contribution is -1.72. The summed E-state index contributed by atoms with van der Waals surface area (Å²) >= 11 is 1.85. The van der Waals surface area contributed by atoms with E-state index in [0.717, 1.165) is 0 Å². The second-order valence-corrected chi connectivity index (χ2v) is 2.88. The van der Waals surface area contributed by atoms with Gasteiger partial charge >= 0.3 is 0 Å². The van der Waals surface area contributed by atoms with Gasteiger partial charge in [-0.05, 0) is 30.4 Å². The standard InChI is InChI=1S/C7H10S.C2H6/c1-3-7-6(2)4-5-8-7;1-2/h4-5H,3H2,1-2H3;1-2H3. The molecule has 1 aromatic rings. The smallest absolute Gasteiger partial charge is 0.00716 e. The molecule has 0 saturated heterocycles. The lowest BCUT2D eigenvalue weighted by atomic mass is 10.2. The van der Waals surface area contributed by atoms with Crippen LogP contribution in [-0.2, 0) is 6.42 Å². The number of thiophene rings is 1. The maximum atomic E-state index is 2.19. The van der Waals surface area contributed by atoms with Crippen LogP contribution >= 0.6 is 11.3 Å². The molecule has 1 heteroatoms. The van der Waals surface area contributed by atoms with Gasteiger partial charge in [0.1, 0.15) is 0 Å². The molecule has 0 bridgehead atoms. The van der Waals surface area contributed by atoms with Gasteiger partial charge in [-0.3, -0.25) is 0 Å². The Balaban J connectivity index is 0.000000371. The van der Waals surface area contributed by atoms with E-state index in [-0.39, 0.29) is 0 Å². The largest absolute Gasteiger partial charge is 0.149 e. The zero-order valence-corrected chi connectivity index (χ0v) is 8.09. The summed E-state index contributed by atoms with van der Waals surface area (Å²) in [5, 5.41) is 2.15. The Morgan fingerprint density at radius 1 is 1.40 bits per heavy atom. The number of rotatable bonds is 1. The van der Waals surface area contributed by atoms with Gasteiger partial charge in [-0.1, -0.05) is 20.8 Å². The van der Waals surface area contributed by atoms with Crippen molar-refractivity contribution < 1.29 is 0 Å². The minimum Gasteiger partial charge on any atom is -0.149 e. The van der Waals surface area contributed by atoms with E-state index in [1.807, 2.05) is 25.2 Å². The molecule has 0 aliphatic heterocycles. The molecule has 0 spiro atoms. The average molecular weight is 156 g/mol. The summed E-state index contributed by atoms with van der Waals surface area (Å²) in [6, 6.07) is 2.17. The molecule has 1 aromatic heterocycles. The van der Waals surface area contributed by atoms with Gasteiger partial charge in [-0.2, -0.15) is 0 Å². The second-order valence-electron chi connectivity index (χ2n) is 1.88. The minimum atomic E-state index is 1.18. The summed E-state index contributed by atoms with van der Waals surface area (Å²) in [4.78, 5) is 1.52. The molecule has 1 heterocycles. The lowest BCUT2D eigenvalue weighted by Gasteiger charge is -1.87. The highest BCUT2D eigenvalue weighted by Gasteiger charge is 1.92. The van der Waals surface area contributed by atoms with Crippen LogP contribution in [0.15, 0.2) is 11.4 Å². The molecule has 0 atom stereocenters. The topological polar surface area (TPSA) is 0 Å². The maximum absolute atomic E-state index is 2.19. The molecule has 0 aromatic carbocycles. The van der Waals surface area contributed by atoms with E-state index in [4.69, 9.17) is 0 Å². The van der Waals surface area contributed by atoms with Crippen LogP contribution in [0.25, 0.3) is 0 Å². The molecular formula is C9H16S. The molecule has 0 unspecified atom stereocenters. The first-order valence-electron chi connectivity index (χ1n) is 3.87. The van der Waals surface area contributed by atoms with Crippen molar-refractivity contribution in [3.63, 3.8) is 0 Å². The Bertz CT molecular complexity index is 165. The number of hydrogen-bond acceptors (Lipinski definition) is 1. The van der Waals surface area contributed by atoms with Crippen molar-refractivity contribution >= 4 is 11.3 Å². The van der Waals surface area contributed by atoms with E-state index >= 15 is 0 Å². The fraction of sp³-hybridized carbons (Fsp3) is 0.556. The highest BCUT2D eigenvalue weighted by molar-refractivity contribution is 7.10. The summed E-state index contributed by atoms with van der Waals surface area (Å²) in [6.07, 6.45) is 1.18. The predicted molar refractivity (Wildman–Crippen MR) is 49.8 cm³/mol. The van der Waals surface area contributed by atoms with Gasteiger partial charge < -0.3 is 0 Å². The quantitative estimate of drug-likeness (QED) is 0.582. The SMILES string of the molecule is CC.CCc1sccc1C. The average Bonchev–Trinajstić information content (AvgIpc) is 2.39. The van der Waals surface area contributed by atoms with Crippen LogP contribution in [0.3, 0.4) is 0 Å². The van der Waals surface area contributed by atoms with Gasteiger partial charge in [0.2, 0.25) is 0 Å². The number of hydrogen-bond donors (Lipinski definition) is 0. The molecule has 0 saturated carbocycles. The molecule has 0 fully saturated rings. The third kappa shape index (κ3) is 2.53. The monoisotopic (exact) mass is 156 g/mol. The summed E-state index contributed by atoms with van der Waals surface area (Å²) in [6.45, 7) is 8.36. The van der Waals surface area contributed by atoms with Gasteiger partial charge in [0.25, 0.3) is 0 Å². The second kappa shape index (κ2) is 5.48. The minimum absolute atomic E-state index is 1.18. The highest BCUT2D eigenvalue weighted by atomic mass is 32.1. The van der Waals surface area contributed by atoms with Gasteiger partial charge in [0.15, 0.2) is 0 Å². The normalized spacial score (nSPS) is 8.40. The van der Waals surface area contributed by atoms with Crippen LogP contribution in [0.4, 0.5) is 0 Å². The van der Waals surface area contributed by atoms with E-state index in [1.54, 1.807) is 0 Å². The molecule has 10 heavy (non-hydrogen) atoms. The first kappa shape index (κ1) is 9.70. The molecule has 58 valence electrons. The van der Waals surface area contributed by atoms with E-state index < -0.39 is 0 Å². The molecule has 0 N–H and O–H groups in total. The van der Waals surface area contributed by atoms with Crippen molar-refractivity contribution in [2.45, 2.75) is 34.1 Å². The van der Waals surface area contributed by atoms with Crippen LogP contribution in [0.2, 0.25) is 0 Å². The molecule has 1 rings (SSSR count). The Kier molecular flexibility index (Phi) is 5.32. The number of aryl methyl sites for hydroxylation is 2. The third-order valence-electron chi connectivity index (χ3n) is 1.29. The maximum Gasteiger partial charge on any atom is 0.00716 e. The molecule has 0 amide bonds. The molecule has 0 radical (unpaired) electrons. The van der Waals surface area contributed by atoms with E-state index in [0.29, 0.717) is 0 Å². The Morgan fingerprint density at radius 2 is 2.00 bits per heavy atom. The van der Waals surface area contributed by atoms with Crippen molar-refractivity contribution in [3.05, 3.63) is 21.9 Å². The zero-order chi connectivity index (χ0) is 7.98. The van der Waals surface area contributed by atoms with Gasteiger partial charge in [-0.25, -0.2) is 0 Å². The van der Waals surface area contributed by atoms with Crippen molar-refractivity contribution in [1.29, 1.82) is 0 Å². The van der Waals surface area contributed by atoms with Crippen LogP contribution < -0.4 is 0 Å². The fourth-order valence-electron chi connectivity index (χ4n) is 0.766. The summed E-state index contributed by atoms with van der Waals surface area (Å²) < 4.78 is 0. The van der Waals surface area contributed by atoms with E-state index in [2.05, 4.69) is 25.3 Å². The predicted octanol–water partition coefficient (Wildman–Crippen LogP) is 3.65. The van der Waals surface area contributed by atoms with E-state index in [1.165, 1.54) is 16.9 Å². The summed E-state index contributed by atoms with van der Waals surface area (Å²) in [5.74, 6) is 0. The van der Waals surface area contributed by atoms with Gasteiger partial charge in [0.05, 0.1) is 0 Å². The lowest BCUT2D eigenvalue weighted by molar-refractivity contribution is 1.16. The summed E-state index contributed by atoms with van der Waals surface area (Å²) in [5.41, 5.74) is 1.44. The van der Waals surface area contributed by atoms with Gasteiger partial charge in [-0.15, -0.1) is 11.3 Å². The first-order chi connectivity index (χ1) is 4.84. The Labute approximate surface area is 67.9 Å². The molecular weight excluding hydrogens is 140 g/mol. The summed E-state index contributed by atoms with van der Waals surface area (Å²) in [7, 11) is 0. The molecule has 0 aliphatic rings. The molecule has 0 aliphatic carbocycles. The van der Waals surface area contributed by atoms with Gasteiger partial charge in [0, 0.05) is 4.88 Å². The van der Waals surface area contributed by atoms with Crippen LogP contribution in [0.5, 0.6) is 0 Å². The Morgan fingerprint density at radius 3 is 2.20 bits per heavy atom. The van der Waals surface area contributed by atoms with Crippen molar-refractivity contribution in [2.24, 2.45) is 0 Å². The van der Waals surface area contributed by atoms with Crippen molar-refractivity contribution in [2.75, 3.05) is 0 Å².